The summed E-state index contributed by atoms with van der Waals surface area (Å²) < 4.78 is 5.04. The molecule has 2 rings (SSSR count). The van der Waals surface area contributed by atoms with E-state index in [4.69, 9.17) is 9.84 Å². The van der Waals surface area contributed by atoms with Crippen molar-refractivity contribution in [3.8, 4) is 0 Å². The van der Waals surface area contributed by atoms with Crippen LogP contribution in [0.4, 0.5) is 5.69 Å². The molecule has 6 nitrogen and oxygen atoms in total. The maximum atomic E-state index is 12.2. The van der Waals surface area contributed by atoms with Gasteiger partial charge < -0.3 is 15.2 Å². The van der Waals surface area contributed by atoms with Crippen LogP contribution in [0.15, 0.2) is 48.5 Å². The van der Waals surface area contributed by atoms with Crippen molar-refractivity contribution < 1.29 is 24.2 Å². The minimum absolute atomic E-state index is 0.0785. The van der Waals surface area contributed by atoms with Crippen LogP contribution in [-0.4, -0.2) is 29.4 Å². The van der Waals surface area contributed by atoms with Gasteiger partial charge in [-0.3, -0.25) is 9.59 Å². The predicted octanol–water partition coefficient (Wildman–Crippen LogP) is 3.20. The number of Topliss-reactive ketones (excluding diaryl/α,β-unsaturated/α-hetero) is 1. The van der Waals surface area contributed by atoms with Crippen LogP contribution in [0.3, 0.4) is 0 Å². The first kappa shape index (κ1) is 20.3. The van der Waals surface area contributed by atoms with Crippen molar-refractivity contribution in [1.29, 1.82) is 0 Å². The lowest BCUT2D eigenvalue weighted by Gasteiger charge is -2.08. The van der Waals surface area contributed by atoms with Gasteiger partial charge in [0.1, 0.15) is 0 Å². The lowest BCUT2D eigenvalue weighted by molar-refractivity contribution is -0.116. The highest BCUT2D eigenvalue weighted by molar-refractivity contribution is 6.00. The second-order valence-corrected chi connectivity index (χ2v) is 6.58. The van der Waals surface area contributed by atoms with Crippen LogP contribution in [0.1, 0.15) is 46.5 Å². The molecule has 0 aliphatic rings. The summed E-state index contributed by atoms with van der Waals surface area (Å²) in [6.45, 7) is 3.44. The SMILES string of the molecule is CC(C)CC(=O)Nc1ccc(C(=O)COC(=O)c2ccc(CO)cc2)cc1. The maximum Gasteiger partial charge on any atom is 0.338 e. The van der Waals surface area contributed by atoms with Gasteiger partial charge in [0.05, 0.1) is 12.2 Å². The van der Waals surface area contributed by atoms with Gasteiger partial charge in [-0.2, -0.15) is 0 Å². The molecule has 142 valence electrons. The Kier molecular flexibility index (Phi) is 7.25. The third kappa shape index (κ3) is 6.34. The number of esters is 1. The van der Waals surface area contributed by atoms with Gasteiger partial charge in [-0.15, -0.1) is 0 Å². The summed E-state index contributed by atoms with van der Waals surface area (Å²) in [5.41, 5.74) is 1.99. The van der Waals surface area contributed by atoms with Crippen molar-refractivity contribution >= 4 is 23.3 Å². The lowest BCUT2D eigenvalue weighted by Crippen LogP contribution is -2.15. The molecule has 27 heavy (non-hydrogen) atoms. The predicted molar refractivity (Wildman–Crippen MR) is 102 cm³/mol. The topological polar surface area (TPSA) is 92.7 Å². The molecule has 0 saturated carbocycles. The second-order valence-electron chi connectivity index (χ2n) is 6.58. The molecule has 0 spiro atoms. The fourth-order valence-corrected chi connectivity index (χ4v) is 2.37. The number of hydrogen-bond donors (Lipinski definition) is 2. The summed E-state index contributed by atoms with van der Waals surface area (Å²) in [7, 11) is 0. The van der Waals surface area contributed by atoms with Crippen LogP contribution < -0.4 is 5.32 Å². The first-order chi connectivity index (χ1) is 12.9. The molecule has 0 aliphatic carbocycles. The summed E-state index contributed by atoms with van der Waals surface area (Å²) in [5.74, 6) is -0.758. The summed E-state index contributed by atoms with van der Waals surface area (Å²) in [5, 5.41) is 11.8. The van der Waals surface area contributed by atoms with Gasteiger partial charge in [0.15, 0.2) is 12.4 Å². The van der Waals surface area contributed by atoms with Crippen molar-refractivity contribution in [3.05, 3.63) is 65.2 Å². The number of nitrogens with one attached hydrogen (secondary N) is 1. The number of rotatable bonds is 8. The molecular formula is C21H23NO5. The van der Waals surface area contributed by atoms with Crippen molar-refractivity contribution in [2.24, 2.45) is 5.92 Å². The molecule has 0 fully saturated rings. The third-order valence-corrected chi connectivity index (χ3v) is 3.79. The van der Waals surface area contributed by atoms with Crippen LogP contribution in [0.2, 0.25) is 0 Å². The zero-order valence-electron chi connectivity index (χ0n) is 15.4. The van der Waals surface area contributed by atoms with E-state index in [0.29, 0.717) is 28.8 Å². The Morgan fingerprint density at radius 3 is 2.11 bits per heavy atom. The zero-order chi connectivity index (χ0) is 19.8. The van der Waals surface area contributed by atoms with Gasteiger partial charge in [-0.25, -0.2) is 4.79 Å². The number of ketones is 1. The Labute approximate surface area is 158 Å². The molecule has 1 amide bonds. The summed E-state index contributed by atoms with van der Waals surface area (Å²) in [6.07, 6.45) is 0.427. The monoisotopic (exact) mass is 369 g/mol. The Morgan fingerprint density at radius 1 is 0.963 bits per heavy atom. The molecular weight excluding hydrogens is 346 g/mol. The fourth-order valence-electron chi connectivity index (χ4n) is 2.37. The third-order valence-electron chi connectivity index (χ3n) is 3.79. The van der Waals surface area contributed by atoms with Gasteiger partial charge in [0, 0.05) is 17.7 Å². The number of benzene rings is 2. The van der Waals surface area contributed by atoms with E-state index in [9.17, 15) is 14.4 Å². The van der Waals surface area contributed by atoms with Gasteiger partial charge in [-0.05, 0) is 47.9 Å². The van der Waals surface area contributed by atoms with E-state index in [1.54, 1.807) is 36.4 Å². The minimum Gasteiger partial charge on any atom is -0.454 e. The molecule has 6 heteroatoms. The normalized spacial score (nSPS) is 10.5. The van der Waals surface area contributed by atoms with Crippen LogP contribution >= 0.6 is 0 Å². The number of hydrogen-bond acceptors (Lipinski definition) is 5. The van der Waals surface area contributed by atoms with Crippen LogP contribution in [0, 0.1) is 5.92 Å². The van der Waals surface area contributed by atoms with Crippen LogP contribution in [-0.2, 0) is 16.1 Å². The number of aliphatic hydroxyl groups is 1. The quantitative estimate of drug-likeness (QED) is 0.551. The van der Waals surface area contributed by atoms with E-state index in [0.717, 1.165) is 0 Å². The number of anilines is 1. The van der Waals surface area contributed by atoms with Crippen molar-refractivity contribution in [2.45, 2.75) is 26.9 Å². The standard InChI is InChI=1S/C21H23NO5/c1-14(2)11-20(25)22-18-9-7-16(8-10-18)19(24)13-27-21(26)17-5-3-15(12-23)4-6-17/h3-10,14,23H,11-13H2,1-2H3,(H,22,25). The van der Waals surface area contributed by atoms with Gasteiger partial charge in [0.2, 0.25) is 5.91 Å². The zero-order valence-corrected chi connectivity index (χ0v) is 15.4. The van der Waals surface area contributed by atoms with Crippen LogP contribution in [0.5, 0.6) is 0 Å². The number of ether oxygens (including phenoxy) is 1. The van der Waals surface area contributed by atoms with E-state index in [2.05, 4.69) is 5.32 Å². The maximum absolute atomic E-state index is 12.2. The van der Waals surface area contributed by atoms with E-state index in [1.807, 2.05) is 13.8 Å². The molecule has 0 radical (unpaired) electrons. The molecule has 0 aliphatic heterocycles. The molecule has 2 aromatic carbocycles. The highest BCUT2D eigenvalue weighted by Gasteiger charge is 2.12. The van der Waals surface area contributed by atoms with Gasteiger partial charge >= 0.3 is 5.97 Å². The second kappa shape index (κ2) is 9.64. The number of aliphatic hydroxyl groups excluding tert-OH is 1. The van der Waals surface area contributed by atoms with Crippen LogP contribution in [0.25, 0.3) is 0 Å². The Balaban J connectivity index is 1.88. The molecule has 0 saturated heterocycles. The minimum atomic E-state index is -0.606. The molecule has 0 unspecified atom stereocenters. The fraction of sp³-hybridized carbons (Fsp3) is 0.286. The average molecular weight is 369 g/mol. The Hall–Kier alpha value is -2.99. The molecule has 0 bridgehead atoms. The van der Waals surface area contributed by atoms with Gasteiger partial charge in [-0.1, -0.05) is 26.0 Å². The summed E-state index contributed by atoms with van der Waals surface area (Å²) in [4.78, 5) is 35.9. The Morgan fingerprint density at radius 2 is 1.56 bits per heavy atom. The van der Waals surface area contributed by atoms with E-state index < -0.39 is 5.97 Å². The summed E-state index contributed by atoms with van der Waals surface area (Å²) in [6, 6.07) is 12.7. The lowest BCUT2D eigenvalue weighted by atomic mass is 10.1. The molecule has 0 atom stereocenters. The van der Waals surface area contributed by atoms with Gasteiger partial charge in [0.25, 0.3) is 0 Å². The van der Waals surface area contributed by atoms with E-state index in [1.165, 1.54) is 12.1 Å². The van der Waals surface area contributed by atoms with Crippen molar-refractivity contribution in [2.75, 3.05) is 11.9 Å². The number of amides is 1. The largest absolute Gasteiger partial charge is 0.454 e. The number of carbonyl (C=O) groups is 3. The first-order valence-electron chi connectivity index (χ1n) is 8.69. The highest BCUT2D eigenvalue weighted by atomic mass is 16.5. The van der Waals surface area contributed by atoms with Crippen molar-refractivity contribution in [1.82, 2.24) is 0 Å². The van der Waals surface area contributed by atoms with Crippen molar-refractivity contribution in [3.63, 3.8) is 0 Å². The summed E-state index contributed by atoms with van der Waals surface area (Å²) >= 11 is 0. The highest BCUT2D eigenvalue weighted by Crippen LogP contribution is 2.12. The Bertz CT molecular complexity index is 794. The number of carbonyl (C=O) groups excluding carboxylic acids is 3. The average Bonchev–Trinajstić information content (AvgIpc) is 2.65. The molecule has 2 aromatic rings. The molecule has 0 aromatic heterocycles. The molecule has 0 heterocycles. The molecule has 2 N–H and O–H groups in total. The smallest absolute Gasteiger partial charge is 0.338 e. The first-order valence-corrected chi connectivity index (χ1v) is 8.69. The van der Waals surface area contributed by atoms with E-state index >= 15 is 0 Å². The van der Waals surface area contributed by atoms with E-state index in [-0.39, 0.29) is 30.8 Å².